The molecule has 0 radical (unpaired) electrons. The van der Waals surface area contributed by atoms with E-state index in [1.54, 1.807) is 11.9 Å². The highest BCUT2D eigenvalue weighted by Crippen LogP contribution is 1.94. The second-order valence-electron chi connectivity index (χ2n) is 2.03. The number of hydrazine groups is 1. The van der Waals surface area contributed by atoms with E-state index in [1.807, 2.05) is 0 Å². The lowest BCUT2D eigenvalue weighted by molar-refractivity contribution is -0.0741. The monoisotopic (exact) mass is 161 g/mol. The van der Waals surface area contributed by atoms with Gasteiger partial charge < -0.3 is 20.1 Å². The lowest BCUT2D eigenvalue weighted by Gasteiger charge is -2.30. The number of aliphatic imine (C=N–C) groups is 1. The Morgan fingerprint density at radius 1 is 1.91 bits per heavy atom. The summed E-state index contributed by atoms with van der Waals surface area (Å²) in [5, 5.41) is 17.9. The lowest BCUT2D eigenvalue weighted by atomic mass is 10.7. The van der Waals surface area contributed by atoms with Crippen molar-refractivity contribution in [3.05, 3.63) is 5.21 Å². The van der Waals surface area contributed by atoms with E-state index in [0.717, 1.165) is 0 Å². The van der Waals surface area contributed by atoms with Gasteiger partial charge in [0.15, 0.2) is 0 Å². The van der Waals surface area contributed by atoms with Crippen molar-refractivity contribution in [2.75, 3.05) is 20.5 Å². The highest BCUT2D eigenvalue weighted by molar-refractivity contribution is 5.79. The third-order valence-electron chi connectivity index (χ3n) is 1.15. The van der Waals surface area contributed by atoms with E-state index in [9.17, 15) is 5.21 Å². The van der Waals surface area contributed by atoms with E-state index in [0.29, 0.717) is 6.73 Å². The van der Waals surface area contributed by atoms with Gasteiger partial charge in [0.25, 0.3) is 0 Å². The fourth-order valence-electron chi connectivity index (χ4n) is 0.673. The average molecular weight is 161 g/mol. The Balaban J connectivity index is 2.47. The van der Waals surface area contributed by atoms with Crippen LogP contribution in [-0.4, -0.2) is 41.9 Å². The maximum absolute atomic E-state index is 10.1. The van der Waals surface area contributed by atoms with E-state index in [1.165, 1.54) is 0 Å². The maximum atomic E-state index is 10.1. The normalized spacial score (nSPS) is 18.5. The Labute approximate surface area is 63.4 Å². The quantitative estimate of drug-likeness (QED) is 0.475. The van der Waals surface area contributed by atoms with E-state index in [2.05, 4.69) is 10.4 Å². The van der Waals surface area contributed by atoms with Crippen LogP contribution in [0.3, 0.4) is 0 Å². The molecule has 1 aliphatic heterocycles. The zero-order valence-corrected chi connectivity index (χ0v) is 6.02. The average Bonchev–Trinajstić information content (AvgIpc) is 1.93. The number of hydrogen-bond donors (Lipinski definition) is 2. The van der Waals surface area contributed by atoms with Gasteiger partial charge in [-0.25, -0.2) is 4.99 Å². The van der Waals surface area contributed by atoms with Crippen LogP contribution >= 0.6 is 0 Å². The third-order valence-corrected chi connectivity index (χ3v) is 1.15. The van der Waals surface area contributed by atoms with Gasteiger partial charge >= 0.3 is 0 Å². The number of nitrogens with one attached hydrogen (secondary N) is 1. The van der Waals surface area contributed by atoms with Crippen LogP contribution < -0.4 is 5.43 Å². The van der Waals surface area contributed by atoms with Gasteiger partial charge in [0.2, 0.25) is 5.96 Å². The first-order chi connectivity index (χ1) is 5.20. The first-order valence-corrected chi connectivity index (χ1v) is 2.96. The molecule has 0 atom stereocenters. The van der Waals surface area contributed by atoms with Crippen LogP contribution in [0.1, 0.15) is 0 Å². The van der Waals surface area contributed by atoms with Crippen molar-refractivity contribution in [2.45, 2.75) is 0 Å². The molecule has 2 N–H and O–H groups in total. The minimum absolute atomic E-state index is 0.195. The number of hydrogen-bond acceptors (Lipinski definition) is 7. The molecule has 11 heavy (non-hydrogen) atoms. The minimum Gasteiger partial charge on any atom is -0.744 e. The minimum atomic E-state index is -0.402. The Bertz CT molecular complexity index is 159. The summed E-state index contributed by atoms with van der Waals surface area (Å²) in [7, 11) is 1.68. The Hall–Kier alpha value is -0.890. The maximum Gasteiger partial charge on any atom is 0.213 e. The summed E-state index contributed by atoms with van der Waals surface area (Å²) in [6.07, 6.45) is 0. The van der Waals surface area contributed by atoms with Crippen LogP contribution in [0.15, 0.2) is 4.99 Å². The zero-order valence-electron chi connectivity index (χ0n) is 6.02. The largest absolute Gasteiger partial charge is 0.744 e. The Kier molecular flexibility index (Phi) is 2.60. The molecule has 0 aromatic heterocycles. The van der Waals surface area contributed by atoms with Crippen LogP contribution in [0.5, 0.6) is 0 Å². The van der Waals surface area contributed by atoms with Gasteiger partial charge in [0, 0.05) is 7.05 Å². The standard InChI is InChI=1S/C4H9N4O3/c1-7-3-11-2-5-4(7)6-8(9)10/h9H,2-3H2,1H3,(H,5,6)/q-1. The van der Waals surface area contributed by atoms with Crippen molar-refractivity contribution in [2.24, 2.45) is 4.99 Å². The first-order valence-electron chi connectivity index (χ1n) is 2.96. The number of rotatable bonds is 1. The number of nitrogens with zero attached hydrogens (tertiary/aromatic N) is 3. The molecule has 0 amide bonds. The summed E-state index contributed by atoms with van der Waals surface area (Å²) >= 11 is 0. The topological polar surface area (TPSA) is 83.4 Å². The Morgan fingerprint density at radius 3 is 3.18 bits per heavy atom. The second kappa shape index (κ2) is 3.49. The van der Waals surface area contributed by atoms with Gasteiger partial charge in [0.1, 0.15) is 13.5 Å². The highest BCUT2D eigenvalue weighted by Gasteiger charge is 2.09. The molecule has 1 rings (SSSR count). The predicted molar refractivity (Wildman–Crippen MR) is 36.1 cm³/mol. The molecule has 7 heteroatoms. The molecule has 0 aromatic rings. The molecule has 0 saturated carbocycles. The van der Waals surface area contributed by atoms with E-state index in [-0.39, 0.29) is 12.7 Å². The molecule has 1 aliphatic rings. The Morgan fingerprint density at radius 2 is 2.64 bits per heavy atom. The highest BCUT2D eigenvalue weighted by atomic mass is 16.8. The van der Waals surface area contributed by atoms with E-state index < -0.39 is 5.34 Å². The van der Waals surface area contributed by atoms with Crippen LogP contribution in [0.4, 0.5) is 0 Å². The van der Waals surface area contributed by atoms with Crippen molar-refractivity contribution in [1.82, 2.24) is 15.7 Å². The number of ether oxygens (including phenoxy) is 1. The SMILES string of the molecule is CN1COCN=C1NN([O-])O. The summed E-state index contributed by atoms with van der Waals surface area (Å²) in [4.78, 5) is 5.30. The van der Waals surface area contributed by atoms with Gasteiger partial charge in [-0.15, -0.1) is 0 Å². The van der Waals surface area contributed by atoms with Crippen LogP contribution in [-0.2, 0) is 4.74 Å². The summed E-state index contributed by atoms with van der Waals surface area (Å²) < 4.78 is 4.89. The molecule has 0 bridgehead atoms. The fraction of sp³-hybridized carbons (Fsp3) is 0.750. The van der Waals surface area contributed by atoms with Crippen molar-refractivity contribution in [3.63, 3.8) is 0 Å². The lowest BCUT2D eigenvalue weighted by Crippen LogP contribution is -2.47. The molecule has 0 saturated heterocycles. The molecular formula is C4H9N4O3-. The third kappa shape index (κ3) is 2.31. The zero-order chi connectivity index (χ0) is 8.27. The first kappa shape index (κ1) is 8.21. The van der Waals surface area contributed by atoms with Gasteiger partial charge in [-0.2, -0.15) is 5.34 Å². The molecule has 0 fully saturated rings. The fourth-order valence-corrected chi connectivity index (χ4v) is 0.673. The predicted octanol–water partition coefficient (Wildman–Crippen LogP) is -1.09. The van der Waals surface area contributed by atoms with Gasteiger partial charge in [-0.1, -0.05) is 0 Å². The van der Waals surface area contributed by atoms with Gasteiger partial charge in [0.05, 0.1) is 0 Å². The number of guanidine groups is 1. The molecule has 64 valence electrons. The molecule has 1 heterocycles. The van der Waals surface area contributed by atoms with Gasteiger partial charge in [-0.3, -0.25) is 5.43 Å². The summed E-state index contributed by atoms with van der Waals surface area (Å²) in [5.74, 6) is 0.286. The van der Waals surface area contributed by atoms with E-state index in [4.69, 9.17) is 9.94 Å². The van der Waals surface area contributed by atoms with Crippen LogP contribution in [0.25, 0.3) is 0 Å². The van der Waals surface area contributed by atoms with Crippen LogP contribution in [0, 0.1) is 5.21 Å². The summed E-state index contributed by atoms with van der Waals surface area (Å²) in [6.45, 7) is 0.542. The van der Waals surface area contributed by atoms with Crippen LogP contribution in [0.2, 0.25) is 0 Å². The molecular weight excluding hydrogens is 152 g/mol. The molecule has 0 unspecified atom stereocenters. The molecule has 0 aliphatic carbocycles. The van der Waals surface area contributed by atoms with Crippen molar-refractivity contribution in [1.29, 1.82) is 0 Å². The summed E-state index contributed by atoms with van der Waals surface area (Å²) in [6, 6.07) is 0. The van der Waals surface area contributed by atoms with Gasteiger partial charge in [-0.05, 0) is 0 Å². The smallest absolute Gasteiger partial charge is 0.213 e. The van der Waals surface area contributed by atoms with Crippen molar-refractivity contribution in [3.8, 4) is 0 Å². The summed E-state index contributed by atoms with van der Waals surface area (Å²) in [5.41, 5.74) is 2.06. The molecule has 0 aromatic carbocycles. The van der Waals surface area contributed by atoms with Crippen molar-refractivity contribution >= 4 is 5.96 Å². The van der Waals surface area contributed by atoms with E-state index >= 15 is 0 Å². The molecule has 7 nitrogen and oxygen atoms in total. The van der Waals surface area contributed by atoms with Crippen molar-refractivity contribution < 1.29 is 9.94 Å². The molecule has 0 spiro atoms. The second-order valence-corrected chi connectivity index (χ2v) is 2.03.